The van der Waals surface area contributed by atoms with Crippen LogP contribution >= 0.6 is 23.2 Å². The maximum atomic E-state index is 15.3. The third kappa shape index (κ3) is 3.93. The fourth-order valence-corrected chi connectivity index (χ4v) is 5.84. The molecule has 1 spiro atoms. The van der Waals surface area contributed by atoms with E-state index >= 15 is 4.39 Å². The van der Waals surface area contributed by atoms with E-state index < -0.39 is 23.1 Å². The van der Waals surface area contributed by atoms with Gasteiger partial charge in [-0.3, -0.25) is 4.79 Å². The molecule has 2 aromatic rings. The summed E-state index contributed by atoms with van der Waals surface area (Å²) in [7, 11) is 1.78. The lowest BCUT2D eigenvalue weighted by Crippen LogP contribution is -2.42. The first-order valence-electron chi connectivity index (χ1n) is 11.7. The molecule has 2 amide bonds. The number of halogens is 3. The highest BCUT2D eigenvalue weighted by molar-refractivity contribution is 6.42. The van der Waals surface area contributed by atoms with E-state index in [1.165, 1.54) is 12.1 Å². The smallest absolute Gasteiger partial charge is 0.410 e. The van der Waals surface area contributed by atoms with Crippen molar-refractivity contribution in [2.75, 3.05) is 30.4 Å². The van der Waals surface area contributed by atoms with Crippen molar-refractivity contribution in [3.8, 4) is 0 Å². The summed E-state index contributed by atoms with van der Waals surface area (Å²) in [5.41, 5.74) is 0.679. The number of amides is 2. The molecule has 1 aliphatic carbocycles. The predicted molar refractivity (Wildman–Crippen MR) is 135 cm³/mol. The van der Waals surface area contributed by atoms with E-state index in [0.717, 1.165) is 24.1 Å². The number of carbonyl (C=O) groups excluding carboxylic acids is 2. The summed E-state index contributed by atoms with van der Waals surface area (Å²) in [6.45, 7) is 5.88. The van der Waals surface area contributed by atoms with E-state index in [-0.39, 0.29) is 33.5 Å². The molecule has 2 heterocycles. The standard InChI is InChI=1S/C26H28Cl2FN3O3/c1-24(2,3)35-23(34)32-12-11-26(14-32,20-18(29)8-7-17(27)21(20)28)30-15-5-6-16-19(13-15)31(4)22(33)25(16)9-10-25/h5-8,13,30H,9-12,14H2,1-4H3. The first-order valence-corrected chi connectivity index (χ1v) is 12.5. The Morgan fingerprint density at radius 3 is 2.51 bits per heavy atom. The van der Waals surface area contributed by atoms with Gasteiger partial charge in [-0.2, -0.15) is 0 Å². The summed E-state index contributed by atoms with van der Waals surface area (Å²) in [5.74, 6) is -0.399. The fourth-order valence-electron chi connectivity index (χ4n) is 5.35. The topological polar surface area (TPSA) is 61.9 Å². The second kappa shape index (κ2) is 8.00. The lowest BCUT2D eigenvalue weighted by atomic mass is 9.87. The normalized spacial score (nSPS) is 22.5. The van der Waals surface area contributed by atoms with Crippen LogP contribution in [0.5, 0.6) is 0 Å². The van der Waals surface area contributed by atoms with Crippen molar-refractivity contribution in [3.05, 3.63) is 57.3 Å². The highest BCUT2D eigenvalue weighted by Gasteiger charge is 2.58. The Labute approximate surface area is 214 Å². The Morgan fingerprint density at radius 2 is 1.86 bits per heavy atom. The zero-order chi connectivity index (χ0) is 25.3. The lowest BCUT2D eigenvalue weighted by Gasteiger charge is -2.34. The quantitative estimate of drug-likeness (QED) is 0.498. The van der Waals surface area contributed by atoms with Crippen molar-refractivity contribution in [1.82, 2.24) is 4.90 Å². The molecule has 6 nitrogen and oxygen atoms in total. The van der Waals surface area contributed by atoms with Gasteiger partial charge < -0.3 is 19.9 Å². The third-order valence-electron chi connectivity index (χ3n) is 7.17. The molecule has 9 heteroatoms. The van der Waals surface area contributed by atoms with Gasteiger partial charge in [0.2, 0.25) is 5.91 Å². The van der Waals surface area contributed by atoms with E-state index in [1.807, 2.05) is 18.2 Å². The highest BCUT2D eigenvalue weighted by Crippen LogP contribution is 2.57. The van der Waals surface area contributed by atoms with Crippen LogP contribution in [0.3, 0.4) is 0 Å². The summed E-state index contributed by atoms with van der Waals surface area (Å²) in [6, 6.07) is 8.49. The van der Waals surface area contributed by atoms with Gasteiger partial charge in [0.05, 0.1) is 27.5 Å². The summed E-state index contributed by atoms with van der Waals surface area (Å²) in [5, 5.41) is 3.81. The van der Waals surface area contributed by atoms with Crippen molar-refractivity contribution >= 4 is 46.6 Å². The number of fused-ring (bicyclic) bond motifs is 2. The summed E-state index contributed by atoms with van der Waals surface area (Å²) < 4.78 is 20.9. The van der Waals surface area contributed by atoms with Crippen LogP contribution in [0.2, 0.25) is 10.0 Å². The third-order valence-corrected chi connectivity index (χ3v) is 7.97. The zero-order valence-corrected chi connectivity index (χ0v) is 21.7. The largest absolute Gasteiger partial charge is 0.444 e. The Balaban J connectivity index is 1.54. The number of likely N-dealkylation sites (N-methyl/N-ethyl adjacent to an activating group) is 1. The average Bonchev–Trinajstić information content (AvgIpc) is 3.43. The predicted octanol–water partition coefficient (Wildman–Crippen LogP) is 6.09. The molecule has 1 atom stereocenters. The average molecular weight is 520 g/mol. The number of benzene rings is 2. The molecule has 1 saturated heterocycles. The van der Waals surface area contributed by atoms with Gasteiger partial charge in [-0.15, -0.1) is 0 Å². The minimum absolute atomic E-state index is 0.107. The van der Waals surface area contributed by atoms with Crippen LogP contribution in [-0.4, -0.2) is 42.6 Å². The minimum Gasteiger partial charge on any atom is -0.444 e. The SMILES string of the molecule is CN1C(=O)C2(CC2)c2ccc(NC3(c4c(F)ccc(Cl)c4Cl)CCN(C(=O)OC(C)(C)C)C3)cc21. The molecule has 3 aliphatic rings. The monoisotopic (exact) mass is 519 g/mol. The number of anilines is 2. The van der Waals surface area contributed by atoms with Crippen molar-refractivity contribution in [2.24, 2.45) is 0 Å². The van der Waals surface area contributed by atoms with E-state index in [1.54, 1.807) is 37.6 Å². The highest BCUT2D eigenvalue weighted by atomic mass is 35.5. The van der Waals surface area contributed by atoms with E-state index in [9.17, 15) is 9.59 Å². The van der Waals surface area contributed by atoms with Gasteiger partial charge >= 0.3 is 6.09 Å². The molecular weight excluding hydrogens is 492 g/mol. The molecule has 1 saturated carbocycles. The van der Waals surface area contributed by atoms with Crippen molar-refractivity contribution in [1.29, 1.82) is 0 Å². The molecular formula is C26H28Cl2FN3O3. The number of nitrogens with zero attached hydrogens (tertiary/aromatic N) is 2. The van der Waals surface area contributed by atoms with Crippen LogP contribution < -0.4 is 10.2 Å². The second-order valence-electron chi connectivity index (χ2n) is 10.8. The molecule has 1 unspecified atom stereocenters. The summed E-state index contributed by atoms with van der Waals surface area (Å²) in [6.07, 6.45) is 1.62. The molecule has 35 heavy (non-hydrogen) atoms. The van der Waals surface area contributed by atoms with Gasteiger partial charge in [0.25, 0.3) is 0 Å². The van der Waals surface area contributed by atoms with Gasteiger partial charge in [-0.05, 0) is 69.9 Å². The zero-order valence-electron chi connectivity index (χ0n) is 20.2. The van der Waals surface area contributed by atoms with E-state index in [0.29, 0.717) is 18.7 Å². The van der Waals surface area contributed by atoms with Crippen molar-refractivity contribution in [2.45, 2.75) is 56.6 Å². The lowest BCUT2D eigenvalue weighted by molar-refractivity contribution is -0.119. The van der Waals surface area contributed by atoms with E-state index in [2.05, 4.69) is 5.32 Å². The molecule has 2 aliphatic heterocycles. The number of nitrogens with one attached hydrogen (secondary N) is 1. The molecule has 0 bridgehead atoms. The van der Waals surface area contributed by atoms with E-state index in [4.69, 9.17) is 27.9 Å². The summed E-state index contributed by atoms with van der Waals surface area (Å²) in [4.78, 5) is 28.9. The van der Waals surface area contributed by atoms with Crippen LogP contribution in [-0.2, 0) is 20.5 Å². The van der Waals surface area contributed by atoms with Gasteiger partial charge in [-0.25, -0.2) is 9.18 Å². The number of hydrogen-bond donors (Lipinski definition) is 1. The first-order chi connectivity index (χ1) is 16.4. The first kappa shape index (κ1) is 24.2. The van der Waals surface area contributed by atoms with Crippen LogP contribution in [0.4, 0.5) is 20.6 Å². The molecule has 5 rings (SSSR count). The van der Waals surface area contributed by atoms with Gasteiger partial charge in [0.1, 0.15) is 11.4 Å². The number of carbonyl (C=O) groups is 2. The second-order valence-corrected chi connectivity index (χ2v) is 11.5. The van der Waals surface area contributed by atoms with Crippen molar-refractivity contribution < 1.29 is 18.7 Å². The Hall–Kier alpha value is -2.51. The number of likely N-dealkylation sites (tertiary alicyclic amines) is 1. The number of hydrogen-bond acceptors (Lipinski definition) is 4. The molecule has 1 N–H and O–H groups in total. The maximum Gasteiger partial charge on any atom is 0.410 e. The molecule has 0 radical (unpaired) electrons. The van der Waals surface area contributed by atoms with Gasteiger partial charge in [0.15, 0.2) is 0 Å². The van der Waals surface area contributed by atoms with Gasteiger partial charge in [-0.1, -0.05) is 29.3 Å². The van der Waals surface area contributed by atoms with Crippen molar-refractivity contribution in [3.63, 3.8) is 0 Å². The summed E-state index contributed by atoms with van der Waals surface area (Å²) >= 11 is 12.8. The van der Waals surface area contributed by atoms with Gasteiger partial charge in [0, 0.05) is 30.5 Å². The Bertz CT molecular complexity index is 1240. The fraction of sp³-hybridized carbons (Fsp3) is 0.462. The number of ether oxygens (including phenoxy) is 1. The molecule has 186 valence electrons. The van der Waals surface area contributed by atoms with Crippen LogP contribution in [0, 0.1) is 5.82 Å². The Kier molecular flexibility index (Phi) is 5.53. The minimum atomic E-state index is -1.05. The van der Waals surface area contributed by atoms with Crippen LogP contribution in [0.25, 0.3) is 0 Å². The molecule has 2 fully saturated rings. The van der Waals surface area contributed by atoms with Crippen LogP contribution in [0.1, 0.15) is 51.2 Å². The molecule has 2 aromatic carbocycles. The Morgan fingerprint density at radius 1 is 1.14 bits per heavy atom. The van der Waals surface area contributed by atoms with Crippen LogP contribution in [0.15, 0.2) is 30.3 Å². The maximum absolute atomic E-state index is 15.3. The number of rotatable bonds is 3. The molecule has 0 aromatic heterocycles.